The van der Waals surface area contributed by atoms with E-state index in [1.165, 1.54) is 11.1 Å². The molecule has 0 radical (unpaired) electrons. The van der Waals surface area contributed by atoms with E-state index in [0.29, 0.717) is 25.5 Å². The van der Waals surface area contributed by atoms with Gasteiger partial charge in [0.05, 0.1) is 12.2 Å². The van der Waals surface area contributed by atoms with Crippen LogP contribution in [-0.2, 0) is 21.9 Å². The summed E-state index contributed by atoms with van der Waals surface area (Å²) in [6.45, 7) is 2.43. The number of ether oxygens (including phenoxy) is 1. The van der Waals surface area contributed by atoms with E-state index in [1.54, 1.807) is 11.8 Å². The number of rotatable bonds is 6. The number of nitrogens with zero attached hydrogens (tertiary/aromatic N) is 4. The van der Waals surface area contributed by atoms with Crippen LogP contribution in [-0.4, -0.2) is 65.2 Å². The maximum absolute atomic E-state index is 12.9. The van der Waals surface area contributed by atoms with Gasteiger partial charge in [0, 0.05) is 50.7 Å². The van der Waals surface area contributed by atoms with Gasteiger partial charge in [-0.25, -0.2) is 9.97 Å². The summed E-state index contributed by atoms with van der Waals surface area (Å²) in [5.74, 6) is -0.721. The van der Waals surface area contributed by atoms with Gasteiger partial charge in [-0.05, 0) is 11.6 Å². The molecule has 0 aromatic carbocycles. The lowest BCUT2D eigenvalue weighted by Gasteiger charge is -2.34. The van der Waals surface area contributed by atoms with Crippen LogP contribution in [0.5, 0.6) is 0 Å². The number of amides is 1. The summed E-state index contributed by atoms with van der Waals surface area (Å²) in [6.07, 6.45) is -6.73. The summed E-state index contributed by atoms with van der Waals surface area (Å²) in [5, 5.41) is 0. The van der Waals surface area contributed by atoms with Gasteiger partial charge >= 0.3 is 12.4 Å². The minimum absolute atomic E-state index is 0.0472. The van der Waals surface area contributed by atoms with Gasteiger partial charge in [-0.1, -0.05) is 6.92 Å². The Morgan fingerprint density at radius 1 is 1.09 bits per heavy atom. The first-order valence-corrected chi connectivity index (χ1v) is 10.2. The molecule has 1 fully saturated rings. The Labute approximate surface area is 189 Å². The number of anilines is 1. The smallest absolute Gasteiger partial charge is 0.371 e. The summed E-state index contributed by atoms with van der Waals surface area (Å²) in [6, 6.07) is 0.761. The lowest BCUT2D eigenvalue weighted by atomic mass is 10.0. The van der Waals surface area contributed by atoms with E-state index in [9.17, 15) is 35.9 Å². The second-order valence-corrected chi connectivity index (χ2v) is 7.73. The first-order valence-electron chi connectivity index (χ1n) is 10.2. The number of alkyl halides is 6. The van der Waals surface area contributed by atoms with Crippen molar-refractivity contribution in [1.82, 2.24) is 19.9 Å². The maximum Gasteiger partial charge on any atom is 0.421 e. The average Bonchev–Trinajstić information content (AvgIpc) is 2.78. The molecule has 1 amide bonds. The number of halogens is 6. The minimum Gasteiger partial charge on any atom is -0.371 e. The number of carbonyl (C=O) groups excluding carboxylic acids is 1. The minimum atomic E-state index is -4.78. The van der Waals surface area contributed by atoms with Crippen LogP contribution in [0.3, 0.4) is 0 Å². The van der Waals surface area contributed by atoms with E-state index >= 15 is 0 Å². The number of nitrogens with one attached hydrogen (secondary N) is 1. The number of aromatic nitrogens is 3. The normalized spacial score (nSPS) is 16.0. The summed E-state index contributed by atoms with van der Waals surface area (Å²) in [5.41, 5.74) is -3.28. The van der Waals surface area contributed by atoms with Crippen molar-refractivity contribution in [2.45, 2.75) is 25.2 Å². The summed E-state index contributed by atoms with van der Waals surface area (Å²) in [7, 11) is 0. The highest BCUT2D eigenvalue weighted by molar-refractivity contribution is 5.77. The van der Waals surface area contributed by atoms with Gasteiger partial charge in [-0.15, -0.1) is 0 Å². The molecular weight excluding hydrogens is 472 g/mol. The molecule has 1 saturated heterocycles. The molecule has 186 valence electrons. The van der Waals surface area contributed by atoms with Crippen LogP contribution in [0.25, 0.3) is 0 Å². The molecule has 3 rings (SSSR count). The van der Waals surface area contributed by atoms with E-state index in [2.05, 4.69) is 15.0 Å². The van der Waals surface area contributed by atoms with Crippen LogP contribution in [0.2, 0.25) is 0 Å². The maximum atomic E-state index is 12.9. The second kappa shape index (κ2) is 9.99. The van der Waals surface area contributed by atoms with Crippen LogP contribution in [0.15, 0.2) is 29.5 Å². The second-order valence-electron chi connectivity index (χ2n) is 7.73. The monoisotopic (exact) mass is 493 g/mol. The van der Waals surface area contributed by atoms with E-state index in [1.807, 2.05) is 0 Å². The number of H-pyrrole nitrogens is 1. The lowest BCUT2D eigenvalue weighted by molar-refractivity contribution is -0.139. The Hall–Kier alpha value is -3.16. The molecular formula is C20H21F6N5O3. The Bertz CT molecular complexity index is 1050. The van der Waals surface area contributed by atoms with Gasteiger partial charge in [0.15, 0.2) is 0 Å². The zero-order valence-electron chi connectivity index (χ0n) is 17.9. The standard InChI is InChI=1S/C20H21F6N5O3/c1-12(13-6-15(20(24,25)26)17(33)27-7-13)10-34-11-16(32)30-2-4-31(5-3-30)18-28-8-14(9-29-18)19(21,22)23/h6-9,12H,2-5,10-11H2,1H3,(H,27,33). The molecule has 0 saturated carbocycles. The van der Waals surface area contributed by atoms with Crippen molar-refractivity contribution in [2.24, 2.45) is 0 Å². The van der Waals surface area contributed by atoms with Crippen LogP contribution >= 0.6 is 0 Å². The van der Waals surface area contributed by atoms with Crippen molar-refractivity contribution in [3.8, 4) is 0 Å². The molecule has 8 nitrogen and oxygen atoms in total. The summed E-state index contributed by atoms with van der Waals surface area (Å²) < 4.78 is 81.9. The quantitative estimate of drug-likeness (QED) is 0.623. The molecule has 1 aliphatic rings. The van der Waals surface area contributed by atoms with Crippen LogP contribution < -0.4 is 10.5 Å². The molecule has 3 heterocycles. The van der Waals surface area contributed by atoms with E-state index in [0.717, 1.165) is 6.07 Å². The molecule has 34 heavy (non-hydrogen) atoms. The highest BCUT2D eigenvalue weighted by atomic mass is 19.4. The topological polar surface area (TPSA) is 91.4 Å². The SMILES string of the molecule is CC(COCC(=O)N1CCN(c2ncc(C(F)(F)F)cn2)CC1)c1c[nH]c(=O)c(C(F)(F)F)c1. The molecule has 2 aromatic rings. The number of hydrogen-bond donors (Lipinski definition) is 1. The van der Waals surface area contributed by atoms with Crippen molar-refractivity contribution in [3.63, 3.8) is 0 Å². The predicted octanol–water partition coefficient (Wildman–Crippen LogP) is 2.67. The highest BCUT2D eigenvalue weighted by Crippen LogP contribution is 2.29. The van der Waals surface area contributed by atoms with Gasteiger partial charge in [-0.3, -0.25) is 9.59 Å². The van der Waals surface area contributed by atoms with Gasteiger partial charge in [0.25, 0.3) is 5.56 Å². The molecule has 0 bridgehead atoms. The zero-order chi connectivity index (χ0) is 25.1. The Kier molecular flexibility index (Phi) is 7.48. The van der Waals surface area contributed by atoms with E-state index < -0.39 is 35.0 Å². The number of pyridine rings is 1. The van der Waals surface area contributed by atoms with E-state index in [4.69, 9.17) is 4.74 Å². The molecule has 0 spiro atoms. The van der Waals surface area contributed by atoms with Crippen LogP contribution in [0.4, 0.5) is 32.3 Å². The van der Waals surface area contributed by atoms with Gasteiger partial charge in [0.1, 0.15) is 12.2 Å². The predicted molar refractivity (Wildman–Crippen MR) is 107 cm³/mol. The first kappa shape index (κ1) is 25.5. The molecule has 1 aliphatic heterocycles. The van der Waals surface area contributed by atoms with Crippen molar-refractivity contribution >= 4 is 11.9 Å². The van der Waals surface area contributed by atoms with Crippen molar-refractivity contribution < 1.29 is 35.9 Å². The number of piperazine rings is 1. The molecule has 1 N–H and O–H groups in total. The fraction of sp³-hybridized carbons (Fsp3) is 0.500. The number of carbonyl (C=O) groups is 1. The molecule has 1 atom stereocenters. The van der Waals surface area contributed by atoms with E-state index in [-0.39, 0.29) is 43.7 Å². The third-order valence-corrected chi connectivity index (χ3v) is 5.27. The first-order chi connectivity index (χ1) is 15.9. The van der Waals surface area contributed by atoms with Gasteiger partial charge in [-0.2, -0.15) is 26.3 Å². The average molecular weight is 493 g/mol. The van der Waals surface area contributed by atoms with Gasteiger partial charge in [0.2, 0.25) is 11.9 Å². The largest absolute Gasteiger partial charge is 0.421 e. The molecule has 0 aliphatic carbocycles. The molecule has 2 aromatic heterocycles. The van der Waals surface area contributed by atoms with Gasteiger partial charge < -0.3 is 19.5 Å². The third-order valence-electron chi connectivity index (χ3n) is 5.27. The molecule has 1 unspecified atom stereocenters. The summed E-state index contributed by atoms with van der Waals surface area (Å²) in [4.78, 5) is 36.4. The van der Waals surface area contributed by atoms with Crippen LogP contribution in [0, 0.1) is 0 Å². The van der Waals surface area contributed by atoms with Crippen molar-refractivity contribution in [3.05, 3.63) is 51.7 Å². The number of aromatic amines is 1. The summed E-state index contributed by atoms with van der Waals surface area (Å²) >= 11 is 0. The van der Waals surface area contributed by atoms with Crippen LogP contribution in [0.1, 0.15) is 29.5 Å². The third kappa shape index (κ3) is 6.24. The zero-order valence-corrected chi connectivity index (χ0v) is 17.9. The Balaban J connectivity index is 1.46. The Morgan fingerprint density at radius 3 is 2.26 bits per heavy atom. The fourth-order valence-corrected chi connectivity index (χ4v) is 3.29. The number of hydrogen-bond acceptors (Lipinski definition) is 6. The Morgan fingerprint density at radius 2 is 1.71 bits per heavy atom. The molecule has 14 heteroatoms. The lowest BCUT2D eigenvalue weighted by Crippen LogP contribution is -2.50. The van der Waals surface area contributed by atoms with Crippen molar-refractivity contribution in [2.75, 3.05) is 44.3 Å². The van der Waals surface area contributed by atoms with Crippen molar-refractivity contribution in [1.29, 1.82) is 0 Å². The fourth-order valence-electron chi connectivity index (χ4n) is 3.29. The highest BCUT2D eigenvalue weighted by Gasteiger charge is 2.34.